The van der Waals surface area contributed by atoms with Gasteiger partial charge in [-0.05, 0) is 17.7 Å². The van der Waals surface area contributed by atoms with Crippen LogP contribution in [0.25, 0.3) is 0 Å². The number of nitrogens with one attached hydrogen (secondary N) is 3. The van der Waals surface area contributed by atoms with E-state index in [9.17, 15) is 8.42 Å². The fourth-order valence-corrected chi connectivity index (χ4v) is 4.55. The second-order valence-electron chi connectivity index (χ2n) is 6.71. The third-order valence-electron chi connectivity index (χ3n) is 4.39. The van der Waals surface area contributed by atoms with Crippen LogP contribution in [0.3, 0.4) is 0 Å². The van der Waals surface area contributed by atoms with E-state index in [0.29, 0.717) is 19.5 Å². The lowest BCUT2D eigenvalue weighted by molar-refractivity contribution is 0.479. The molecule has 0 amide bonds. The van der Waals surface area contributed by atoms with Crippen LogP contribution in [0.1, 0.15) is 5.56 Å². The van der Waals surface area contributed by atoms with Crippen LogP contribution >= 0.6 is 11.8 Å². The van der Waals surface area contributed by atoms with Crippen molar-refractivity contribution in [1.29, 1.82) is 0 Å². The summed E-state index contributed by atoms with van der Waals surface area (Å²) < 4.78 is 27.6. The van der Waals surface area contributed by atoms with Gasteiger partial charge < -0.3 is 10.6 Å². The average Bonchev–Trinajstić information content (AvgIpc) is 2.67. The van der Waals surface area contributed by atoms with Gasteiger partial charge in [-0.2, -0.15) is 17.4 Å². The molecule has 2 aliphatic rings. The molecule has 3 heterocycles. The highest BCUT2D eigenvalue weighted by Gasteiger charge is 2.23. The van der Waals surface area contributed by atoms with Crippen LogP contribution in [0.2, 0.25) is 0 Å². The summed E-state index contributed by atoms with van der Waals surface area (Å²) in [7, 11) is -0.457. The van der Waals surface area contributed by atoms with E-state index in [-0.39, 0.29) is 6.04 Å². The van der Waals surface area contributed by atoms with Crippen molar-refractivity contribution in [1.82, 2.24) is 24.3 Å². The molecule has 0 saturated carbocycles. The second-order valence-corrected chi connectivity index (χ2v) is 9.66. The number of hydrogen-bond acceptors (Lipinski definition) is 8. The van der Waals surface area contributed by atoms with Crippen molar-refractivity contribution in [3.05, 3.63) is 36.2 Å². The summed E-state index contributed by atoms with van der Waals surface area (Å²) in [5.41, 5.74) is 2.11. The molecule has 2 aliphatic heterocycles. The van der Waals surface area contributed by atoms with Crippen molar-refractivity contribution in [2.24, 2.45) is 4.99 Å². The number of hydrogen-bond donors (Lipinski definition) is 3. The Balaban J connectivity index is 1.41. The Bertz CT molecular complexity index is 1020. The minimum Gasteiger partial charge on any atom is -0.372 e. The number of aliphatic imine (C=N–C) groups is 1. The minimum atomic E-state index is -3.46. The van der Waals surface area contributed by atoms with Gasteiger partial charge in [-0.1, -0.05) is 17.8 Å². The minimum absolute atomic E-state index is 0.257. The van der Waals surface area contributed by atoms with Gasteiger partial charge in [0.15, 0.2) is 5.82 Å². The van der Waals surface area contributed by atoms with Crippen LogP contribution in [0, 0.1) is 0 Å². The average molecular weight is 420 g/mol. The second kappa shape index (κ2) is 7.66. The SMILES string of the molecule is CN(C)S(=O)(=O)NC1CN=C(Cc2ccc3c(c2)Nc2nccnc2S3)NC1. The lowest BCUT2D eigenvalue weighted by Crippen LogP contribution is -2.51. The summed E-state index contributed by atoms with van der Waals surface area (Å²) >= 11 is 1.59. The molecule has 11 heteroatoms. The third kappa shape index (κ3) is 4.12. The predicted octanol–water partition coefficient (Wildman–Crippen LogP) is 0.994. The first-order chi connectivity index (χ1) is 13.4. The fraction of sp³-hybridized carbons (Fsp3) is 0.353. The van der Waals surface area contributed by atoms with E-state index in [1.807, 2.05) is 0 Å². The highest BCUT2D eigenvalue weighted by atomic mass is 32.2. The highest BCUT2D eigenvalue weighted by molar-refractivity contribution is 7.99. The smallest absolute Gasteiger partial charge is 0.279 e. The maximum Gasteiger partial charge on any atom is 0.279 e. The van der Waals surface area contributed by atoms with Gasteiger partial charge in [0.2, 0.25) is 0 Å². The van der Waals surface area contributed by atoms with Gasteiger partial charge in [-0.25, -0.2) is 9.97 Å². The first-order valence-corrected chi connectivity index (χ1v) is 11.0. The summed E-state index contributed by atoms with van der Waals surface area (Å²) in [5.74, 6) is 1.62. The number of aromatic nitrogens is 2. The first kappa shape index (κ1) is 19.1. The molecule has 0 radical (unpaired) electrons. The molecule has 1 aromatic carbocycles. The number of rotatable bonds is 5. The molecule has 2 aromatic rings. The molecule has 1 aromatic heterocycles. The molecule has 0 fully saturated rings. The molecular formula is C17H21N7O2S2. The fourth-order valence-electron chi connectivity index (χ4n) is 2.88. The van der Waals surface area contributed by atoms with E-state index in [1.54, 1.807) is 24.2 Å². The standard InChI is InChI=1S/C17H21N7O2S2/c1-24(2)28(25,26)23-12-9-20-15(21-10-12)8-11-3-4-14-13(7-11)22-16-17(27-14)19-6-5-18-16/h3-7,12,23H,8-10H2,1-2H3,(H,18,22)(H,20,21). The Morgan fingerprint density at radius 1 is 1.29 bits per heavy atom. The highest BCUT2D eigenvalue weighted by Crippen LogP contribution is 2.42. The molecule has 0 saturated heterocycles. The van der Waals surface area contributed by atoms with Crippen LogP contribution in [-0.2, 0) is 16.6 Å². The van der Waals surface area contributed by atoms with Gasteiger partial charge in [0, 0.05) is 44.4 Å². The maximum atomic E-state index is 11.9. The number of benzene rings is 1. The Morgan fingerprint density at radius 3 is 2.86 bits per heavy atom. The largest absolute Gasteiger partial charge is 0.372 e. The molecule has 1 unspecified atom stereocenters. The van der Waals surface area contributed by atoms with Crippen molar-refractivity contribution in [2.75, 3.05) is 32.5 Å². The lowest BCUT2D eigenvalue weighted by Gasteiger charge is -2.25. The van der Waals surface area contributed by atoms with E-state index in [0.717, 1.165) is 37.1 Å². The summed E-state index contributed by atoms with van der Waals surface area (Å²) in [5, 5.41) is 7.42. The molecule has 3 N–H and O–H groups in total. The topological polar surface area (TPSA) is 112 Å². The summed E-state index contributed by atoms with van der Waals surface area (Å²) in [4.78, 5) is 14.3. The molecule has 9 nitrogen and oxygen atoms in total. The zero-order valence-electron chi connectivity index (χ0n) is 15.5. The predicted molar refractivity (Wildman–Crippen MR) is 109 cm³/mol. The van der Waals surface area contributed by atoms with Crippen molar-refractivity contribution in [3.8, 4) is 0 Å². The van der Waals surface area contributed by atoms with Crippen molar-refractivity contribution < 1.29 is 8.42 Å². The molecule has 148 valence electrons. The van der Waals surface area contributed by atoms with Crippen LogP contribution in [0.4, 0.5) is 11.5 Å². The van der Waals surface area contributed by atoms with Gasteiger partial charge in [-0.3, -0.25) is 4.99 Å². The molecule has 0 spiro atoms. The Morgan fingerprint density at radius 2 is 2.11 bits per heavy atom. The monoisotopic (exact) mass is 419 g/mol. The third-order valence-corrected chi connectivity index (χ3v) is 7.05. The van der Waals surface area contributed by atoms with Crippen molar-refractivity contribution in [2.45, 2.75) is 22.4 Å². The van der Waals surface area contributed by atoms with Crippen LogP contribution in [0.15, 0.2) is 45.5 Å². The van der Waals surface area contributed by atoms with Crippen LogP contribution < -0.4 is 15.4 Å². The molecule has 1 atom stereocenters. The van der Waals surface area contributed by atoms with Gasteiger partial charge in [-0.15, -0.1) is 0 Å². The van der Waals surface area contributed by atoms with Gasteiger partial charge >= 0.3 is 0 Å². The number of fused-ring (bicyclic) bond motifs is 2. The Hall–Kier alpha value is -2.21. The number of anilines is 2. The maximum absolute atomic E-state index is 11.9. The van der Waals surface area contributed by atoms with E-state index in [4.69, 9.17) is 0 Å². The van der Waals surface area contributed by atoms with Gasteiger partial charge in [0.05, 0.1) is 18.3 Å². The zero-order chi connectivity index (χ0) is 19.7. The van der Waals surface area contributed by atoms with E-state index in [2.05, 4.69) is 48.5 Å². The molecule has 4 rings (SSSR count). The van der Waals surface area contributed by atoms with E-state index < -0.39 is 10.2 Å². The quantitative estimate of drug-likeness (QED) is 0.565. The lowest BCUT2D eigenvalue weighted by atomic mass is 10.1. The van der Waals surface area contributed by atoms with Gasteiger partial charge in [0.1, 0.15) is 10.9 Å². The Kier molecular flexibility index (Phi) is 5.23. The van der Waals surface area contributed by atoms with Crippen LogP contribution in [-0.4, -0.2) is 61.8 Å². The molecule has 0 aliphatic carbocycles. The first-order valence-electron chi connectivity index (χ1n) is 8.76. The van der Waals surface area contributed by atoms with Crippen molar-refractivity contribution >= 4 is 39.3 Å². The normalized spacial score (nSPS) is 18.5. The number of nitrogens with zero attached hydrogens (tertiary/aromatic N) is 4. The Labute approximate surface area is 168 Å². The van der Waals surface area contributed by atoms with Crippen molar-refractivity contribution in [3.63, 3.8) is 0 Å². The zero-order valence-corrected chi connectivity index (χ0v) is 17.1. The summed E-state index contributed by atoms with van der Waals surface area (Å²) in [6.07, 6.45) is 4.01. The van der Waals surface area contributed by atoms with Gasteiger partial charge in [0.25, 0.3) is 10.2 Å². The molecule has 0 bridgehead atoms. The molecular weight excluding hydrogens is 398 g/mol. The molecule has 28 heavy (non-hydrogen) atoms. The summed E-state index contributed by atoms with van der Waals surface area (Å²) in [6.45, 7) is 0.922. The van der Waals surface area contributed by atoms with Crippen LogP contribution in [0.5, 0.6) is 0 Å². The van der Waals surface area contributed by atoms with E-state index in [1.165, 1.54) is 14.1 Å². The van der Waals surface area contributed by atoms with E-state index >= 15 is 0 Å². The number of amidine groups is 1. The summed E-state index contributed by atoms with van der Waals surface area (Å²) in [6, 6.07) is 5.97.